The fourth-order valence-corrected chi connectivity index (χ4v) is 4.04. The van der Waals surface area contributed by atoms with Gasteiger partial charge in [0.25, 0.3) is 0 Å². The van der Waals surface area contributed by atoms with Crippen molar-refractivity contribution in [1.82, 2.24) is 15.2 Å². The zero-order valence-electron chi connectivity index (χ0n) is 14.9. The van der Waals surface area contributed by atoms with E-state index in [1.165, 1.54) is 22.8 Å². The number of pyridine rings is 1. The van der Waals surface area contributed by atoms with Crippen LogP contribution in [0.1, 0.15) is 31.5 Å². The molecule has 25 heavy (non-hydrogen) atoms. The number of benzene rings is 1. The van der Waals surface area contributed by atoms with Crippen LogP contribution in [-0.2, 0) is 6.42 Å². The predicted octanol–water partition coefficient (Wildman–Crippen LogP) is 4.10. The Morgan fingerprint density at radius 3 is 2.32 bits per heavy atom. The van der Waals surface area contributed by atoms with E-state index in [1.54, 1.807) is 0 Å². The summed E-state index contributed by atoms with van der Waals surface area (Å²) in [4.78, 5) is 6.52. The largest absolute Gasteiger partial charge is 0.354 e. The molecule has 2 aromatic heterocycles. The van der Waals surface area contributed by atoms with Gasteiger partial charge in [0.15, 0.2) is 5.82 Å². The van der Waals surface area contributed by atoms with Crippen molar-refractivity contribution >= 4 is 16.6 Å². The average molecular weight is 332 g/mol. The van der Waals surface area contributed by atoms with Crippen molar-refractivity contribution in [3.8, 4) is 0 Å². The number of piperidine rings is 1. The van der Waals surface area contributed by atoms with Crippen LogP contribution >= 0.6 is 0 Å². The van der Waals surface area contributed by atoms with Gasteiger partial charge in [-0.25, -0.2) is 0 Å². The number of hydrogen-bond acceptors (Lipinski definition) is 4. The summed E-state index contributed by atoms with van der Waals surface area (Å²) in [5.74, 6) is 2.43. The smallest absolute Gasteiger partial charge is 0.159 e. The molecule has 4 heteroatoms. The Kier molecular flexibility index (Phi) is 4.35. The first-order valence-electron chi connectivity index (χ1n) is 9.09. The van der Waals surface area contributed by atoms with Crippen LogP contribution in [0.5, 0.6) is 0 Å². The Labute approximate surface area is 148 Å². The molecule has 3 aromatic rings. The lowest BCUT2D eigenvalue weighted by Crippen LogP contribution is -2.39. The van der Waals surface area contributed by atoms with Crippen molar-refractivity contribution in [2.45, 2.75) is 26.7 Å². The summed E-state index contributed by atoms with van der Waals surface area (Å²) in [6.07, 6.45) is 5.73. The second-order valence-corrected chi connectivity index (χ2v) is 7.40. The molecule has 0 N–H and O–H groups in total. The Hall–Kier alpha value is -2.49. The lowest BCUT2D eigenvalue weighted by atomic mass is 9.91. The van der Waals surface area contributed by atoms with E-state index >= 15 is 0 Å². The van der Waals surface area contributed by atoms with Gasteiger partial charge in [0, 0.05) is 42.7 Å². The van der Waals surface area contributed by atoms with Crippen LogP contribution in [0, 0.1) is 11.8 Å². The van der Waals surface area contributed by atoms with Crippen LogP contribution in [-0.4, -0.2) is 28.3 Å². The molecule has 4 rings (SSSR count). The third-order valence-electron chi connectivity index (χ3n) is 5.03. The Balaban J connectivity index is 1.74. The van der Waals surface area contributed by atoms with E-state index in [1.807, 2.05) is 24.5 Å². The molecule has 128 valence electrons. The number of hydrogen-bond donors (Lipinski definition) is 0. The molecule has 2 atom stereocenters. The molecule has 0 bridgehead atoms. The Morgan fingerprint density at radius 1 is 0.920 bits per heavy atom. The fraction of sp³-hybridized carbons (Fsp3) is 0.381. The van der Waals surface area contributed by atoms with Crippen molar-refractivity contribution in [3.05, 3.63) is 60.0 Å². The quantitative estimate of drug-likeness (QED) is 0.724. The van der Waals surface area contributed by atoms with Crippen LogP contribution in [0.4, 0.5) is 5.82 Å². The lowest BCUT2D eigenvalue weighted by molar-refractivity contribution is 0.355. The predicted molar refractivity (Wildman–Crippen MR) is 102 cm³/mol. The van der Waals surface area contributed by atoms with E-state index < -0.39 is 0 Å². The second-order valence-electron chi connectivity index (χ2n) is 7.40. The highest BCUT2D eigenvalue weighted by atomic mass is 15.3. The first-order valence-corrected chi connectivity index (χ1v) is 9.09. The number of aromatic nitrogens is 3. The van der Waals surface area contributed by atoms with Gasteiger partial charge < -0.3 is 4.90 Å². The van der Waals surface area contributed by atoms with Crippen LogP contribution in [0.15, 0.2) is 48.8 Å². The van der Waals surface area contributed by atoms with Crippen molar-refractivity contribution in [2.75, 3.05) is 18.0 Å². The first-order chi connectivity index (χ1) is 12.2. The SMILES string of the molecule is CC1CC(C)CN(c2nnc(Cc3ccncc3)c3ccccc23)C1. The number of nitrogens with zero attached hydrogens (tertiary/aromatic N) is 4. The zero-order chi connectivity index (χ0) is 17.2. The topological polar surface area (TPSA) is 41.9 Å². The third-order valence-corrected chi connectivity index (χ3v) is 5.03. The molecule has 1 saturated heterocycles. The normalized spacial score (nSPS) is 20.8. The van der Waals surface area contributed by atoms with Gasteiger partial charge >= 0.3 is 0 Å². The molecule has 1 fully saturated rings. The molecular weight excluding hydrogens is 308 g/mol. The molecule has 3 heterocycles. The maximum atomic E-state index is 4.66. The summed E-state index contributed by atoms with van der Waals surface area (Å²) in [5, 5.41) is 11.7. The van der Waals surface area contributed by atoms with Gasteiger partial charge in [-0.1, -0.05) is 38.1 Å². The van der Waals surface area contributed by atoms with E-state index in [9.17, 15) is 0 Å². The molecule has 4 nitrogen and oxygen atoms in total. The molecule has 2 unspecified atom stereocenters. The monoisotopic (exact) mass is 332 g/mol. The summed E-state index contributed by atoms with van der Waals surface area (Å²) >= 11 is 0. The average Bonchev–Trinajstić information content (AvgIpc) is 2.62. The Morgan fingerprint density at radius 2 is 1.60 bits per heavy atom. The van der Waals surface area contributed by atoms with Crippen molar-refractivity contribution < 1.29 is 0 Å². The lowest BCUT2D eigenvalue weighted by Gasteiger charge is -2.36. The van der Waals surface area contributed by atoms with E-state index in [2.05, 4.69) is 58.2 Å². The van der Waals surface area contributed by atoms with E-state index in [-0.39, 0.29) is 0 Å². The zero-order valence-corrected chi connectivity index (χ0v) is 14.9. The van der Waals surface area contributed by atoms with Crippen molar-refractivity contribution in [3.63, 3.8) is 0 Å². The third kappa shape index (κ3) is 3.34. The molecular formula is C21H24N4. The standard InChI is InChI=1S/C21H24N4/c1-15-11-16(2)14-25(13-15)21-19-6-4-3-5-18(19)20(23-24-21)12-17-7-9-22-10-8-17/h3-10,15-16H,11-14H2,1-2H3. The van der Waals surface area contributed by atoms with Gasteiger partial charge in [-0.15, -0.1) is 5.10 Å². The number of anilines is 1. The highest BCUT2D eigenvalue weighted by Gasteiger charge is 2.24. The second kappa shape index (κ2) is 6.79. The molecule has 1 aliphatic heterocycles. The number of fused-ring (bicyclic) bond motifs is 1. The summed E-state index contributed by atoms with van der Waals surface area (Å²) in [5.41, 5.74) is 2.24. The molecule has 0 radical (unpaired) electrons. The maximum Gasteiger partial charge on any atom is 0.159 e. The highest BCUT2D eigenvalue weighted by Crippen LogP contribution is 2.31. The van der Waals surface area contributed by atoms with Gasteiger partial charge in [0.2, 0.25) is 0 Å². The van der Waals surface area contributed by atoms with Crippen molar-refractivity contribution in [2.24, 2.45) is 11.8 Å². The van der Waals surface area contributed by atoms with E-state index in [0.29, 0.717) is 11.8 Å². The minimum Gasteiger partial charge on any atom is -0.354 e. The molecule has 0 spiro atoms. The molecule has 0 aliphatic carbocycles. The van der Waals surface area contributed by atoms with Gasteiger partial charge in [0.05, 0.1) is 5.69 Å². The minimum absolute atomic E-state index is 0.695. The van der Waals surface area contributed by atoms with Crippen LogP contribution < -0.4 is 4.90 Å². The van der Waals surface area contributed by atoms with E-state index in [0.717, 1.165) is 31.0 Å². The van der Waals surface area contributed by atoms with E-state index in [4.69, 9.17) is 0 Å². The van der Waals surface area contributed by atoms with Crippen LogP contribution in [0.2, 0.25) is 0 Å². The van der Waals surface area contributed by atoms with Crippen molar-refractivity contribution in [1.29, 1.82) is 0 Å². The molecule has 0 saturated carbocycles. The molecule has 1 aliphatic rings. The van der Waals surface area contributed by atoms with Gasteiger partial charge in [-0.05, 0) is 36.0 Å². The summed E-state index contributed by atoms with van der Waals surface area (Å²) < 4.78 is 0. The fourth-order valence-electron chi connectivity index (χ4n) is 4.04. The minimum atomic E-state index is 0.695. The Bertz CT molecular complexity index is 852. The molecule has 1 aromatic carbocycles. The molecule has 0 amide bonds. The first kappa shape index (κ1) is 16.0. The van der Waals surface area contributed by atoms with Crippen LogP contribution in [0.25, 0.3) is 10.8 Å². The summed E-state index contributed by atoms with van der Waals surface area (Å²) in [7, 11) is 0. The van der Waals surface area contributed by atoms with Gasteiger partial charge in [-0.2, -0.15) is 5.10 Å². The van der Waals surface area contributed by atoms with Crippen LogP contribution in [0.3, 0.4) is 0 Å². The summed E-state index contributed by atoms with van der Waals surface area (Å²) in [6.45, 7) is 6.78. The maximum absolute atomic E-state index is 4.66. The van der Waals surface area contributed by atoms with Gasteiger partial charge in [-0.3, -0.25) is 4.98 Å². The number of rotatable bonds is 3. The highest BCUT2D eigenvalue weighted by molar-refractivity contribution is 5.93. The van der Waals surface area contributed by atoms with Gasteiger partial charge in [0.1, 0.15) is 0 Å². The summed E-state index contributed by atoms with van der Waals surface area (Å²) in [6, 6.07) is 12.6.